The molecule has 0 aromatic heterocycles. The Morgan fingerprint density at radius 3 is 2.75 bits per heavy atom. The molecule has 1 fully saturated rings. The number of ether oxygens (including phenoxy) is 3. The summed E-state index contributed by atoms with van der Waals surface area (Å²) in [7, 11) is 3.43. The van der Waals surface area contributed by atoms with Crippen molar-refractivity contribution in [2.45, 2.75) is 25.0 Å². The monoisotopic (exact) mass is 281 g/mol. The molecular formula is C15H23NO4. The topological polar surface area (TPSA) is 60.0 Å². The molecule has 2 rings (SSSR count). The molecule has 1 aromatic rings. The van der Waals surface area contributed by atoms with Gasteiger partial charge in [-0.25, -0.2) is 0 Å². The minimum atomic E-state index is -0.553. The van der Waals surface area contributed by atoms with Crippen LogP contribution in [0.25, 0.3) is 0 Å². The van der Waals surface area contributed by atoms with E-state index in [4.69, 9.17) is 14.2 Å². The van der Waals surface area contributed by atoms with E-state index in [0.29, 0.717) is 18.0 Å². The van der Waals surface area contributed by atoms with Crippen LogP contribution in [0.4, 0.5) is 0 Å². The predicted octanol–water partition coefficient (Wildman–Crippen LogP) is 1.51. The van der Waals surface area contributed by atoms with Crippen LogP contribution in [0.2, 0.25) is 0 Å². The van der Waals surface area contributed by atoms with Crippen LogP contribution < -0.4 is 14.8 Å². The first-order valence-corrected chi connectivity index (χ1v) is 6.99. The van der Waals surface area contributed by atoms with E-state index in [-0.39, 0.29) is 6.10 Å². The van der Waals surface area contributed by atoms with E-state index in [1.54, 1.807) is 7.11 Å². The smallest absolute Gasteiger partial charge is 0.161 e. The third-order valence-electron chi connectivity index (χ3n) is 3.43. The van der Waals surface area contributed by atoms with Crippen LogP contribution in [0.15, 0.2) is 18.2 Å². The number of likely N-dealkylation sites (N-methyl/N-ethyl adjacent to an activating group) is 1. The Labute approximate surface area is 119 Å². The maximum Gasteiger partial charge on any atom is 0.161 e. The molecule has 1 aromatic carbocycles. The first-order chi connectivity index (χ1) is 9.74. The van der Waals surface area contributed by atoms with Crippen molar-refractivity contribution in [3.8, 4) is 11.5 Å². The SMILES string of the molecule is CNCC(O)c1ccc(OC)c(OC2CCOCC2)c1. The second kappa shape index (κ2) is 7.47. The molecule has 0 saturated carbocycles. The zero-order valence-corrected chi connectivity index (χ0v) is 12.1. The molecule has 1 unspecified atom stereocenters. The molecule has 0 amide bonds. The molecule has 0 bridgehead atoms. The molecule has 1 aliphatic rings. The van der Waals surface area contributed by atoms with Gasteiger partial charge in [-0.15, -0.1) is 0 Å². The van der Waals surface area contributed by atoms with Gasteiger partial charge in [0.1, 0.15) is 6.10 Å². The quantitative estimate of drug-likeness (QED) is 0.827. The molecule has 20 heavy (non-hydrogen) atoms. The third kappa shape index (κ3) is 3.85. The zero-order chi connectivity index (χ0) is 14.4. The molecule has 5 heteroatoms. The lowest BCUT2D eigenvalue weighted by molar-refractivity contribution is 0.0244. The highest BCUT2D eigenvalue weighted by Gasteiger charge is 2.18. The van der Waals surface area contributed by atoms with Gasteiger partial charge in [-0.3, -0.25) is 0 Å². The van der Waals surface area contributed by atoms with E-state index in [1.165, 1.54) is 0 Å². The first-order valence-electron chi connectivity index (χ1n) is 6.99. The molecular weight excluding hydrogens is 258 g/mol. The van der Waals surface area contributed by atoms with Gasteiger partial charge in [0, 0.05) is 19.4 Å². The highest BCUT2D eigenvalue weighted by molar-refractivity contribution is 5.43. The Balaban J connectivity index is 2.13. The fourth-order valence-corrected chi connectivity index (χ4v) is 2.28. The summed E-state index contributed by atoms with van der Waals surface area (Å²) in [5.74, 6) is 1.38. The average Bonchev–Trinajstić information content (AvgIpc) is 2.48. The third-order valence-corrected chi connectivity index (χ3v) is 3.43. The number of aliphatic hydroxyl groups is 1. The number of methoxy groups -OCH3 is 1. The fourth-order valence-electron chi connectivity index (χ4n) is 2.28. The van der Waals surface area contributed by atoms with Crippen LogP contribution >= 0.6 is 0 Å². The van der Waals surface area contributed by atoms with Gasteiger partial charge in [0.2, 0.25) is 0 Å². The van der Waals surface area contributed by atoms with Crippen molar-refractivity contribution in [1.29, 1.82) is 0 Å². The molecule has 0 aliphatic carbocycles. The van der Waals surface area contributed by atoms with Crippen LogP contribution in [0, 0.1) is 0 Å². The molecule has 1 atom stereocenters. The van der Waals surface area contributed by atoms with Crippen molar-refractivity contribution in [3.05, 3.63) is 23.8 Å². The summed E-state index contributed by atoms with van der Waals surface area (Å²) in [5, 5.41) is 13.0. The molecule has 0 spiro atoms. The first kappa shape index (κ1) is 15.1. The molecule has 1 aliphatic heterocycles. The second-order valence-electron chi connectivity index (χ2n) is 4.91. The van der Waals surface area contributed by atoms with Gasteiger partial charge in [-0.05, 0) is 24.7 Å². The van der Waals surface area contributed by atoms with Gasteiger partial charge in [-0.2, -0.15) is 0 Å². The summed E-state index contributed by atoms with van der Waals surface area (Å²) >= 11 is 0. The van der Waals surface area contributed by atoms with E-state index in [2.05, 4.69) is 5.32 Å². The number of rotatable bonds is 6. The van der Waals surface area contributed by atoms with E-state index in [9.17, 15) is 5.11 Å². The Morgan fingerprint density at radius 1 is 1.35 bits per heavy atom. The van der Waals surface area contributed by atoms with Gasteiger partial charge in [0.25, 0.3) is 0 Å². The fraction of sp³-hybridized carbons (Fsp3) is 0.600. The summed E-state index contributed by atoms with van der Waals surface area (Å²) in [6.07, 6.45) is 1.36. The second-order valence-corrected chi connectivity index (χ2v) is 4.91. The maximum absolute atomic E-state index is 10.0. The summed E-state index contributed by atoms with van der Waals surface area (Å²) in [6.45, 7) is 1.97. The van der Waals surface area contributed by atoms with Crippen molar-refractivity contribution in [2.75, 3.05) is 33.9 Å². The summed E-state index contributed by atoms with van der Waals surface area (Å²) < 4.78 is 16.7. The van der Waals surface area contributed by atoms with Crippen molar-refractivity contribution < 1.29 is 19.3 Å². The molecule has 2 N–H and O–H groups in total. The Kier molecular flexibility index (Phi) is 5.64. The number of benzene rings is 1. The van der Waals surface area contributed by atoms with E-state index in [1.807, 2.05) is 25.2 Å². The number of hydrogen-bond donors (Lipinski definition) is 2. The largest absolute Gasteiger partial charge is 0.493 e. The molecule has 0 radical (unpaired) electrons. The average molecular weight is 281 g/mol. The number of aliphatic hydroxyl groups excluding tert-OH is 1. The highest BCUT2D eigenvalue weighted by Crippen LogP contribution is 2.32. The van der Waals surface area contributed by atoms with E-state index in [0.717, 1.165) is 31.6 Å². The molecule has 5 nitrogen and oxygen atoms in total. The van der Waals surface area contributed by atoms with Gasteiger partial charge in [0.05, 0.1) is 26.4 Å². The van der Waals surface area contributed by atoms with Crippen LogP contribution in [0.3, 0.4) is 0 Å². The van der Waals surface area contributed by atoms with Crippen LogP contribution in [0.5, 0.6) is 11.5 Å². The van der Waals surface area contributed by atoms with E-state index < -0.39 is 6.10 Å². The summed E-state index contributed by atoms with van der Waals surface area (Å²) in [6, 6.07) is 5.55. The van der Waals surface area contributed by atoms with Crippen molar-refractivity contribution >= 4 is 0 Å². The minimum absolute atomic E-state index is 0.148. The maximum atomic E-state index is 10.0. The Bertz CT molecular complexity index is 418. The van der Waals surface area contributed by atoms with Crippen molar-refractivity contribution in [3.63, 3.8) is 0 Å². The standard InChI is InChI=1S/C15H23NO4/c1-16-10-13(17)11-3-4-14(18-2)15(9-11)20-12-5-7-19-8-6-12/h3-4,9,12-13,16-17H,5-8,10H2,1-2H3. The van der Waals surface area contributed by atoms with Crippen LogP contribution in [-0.2, 0) is 4.74 Å². The van der Waals surface area contributed by atoms with E-state index >= 15 is 0 Å². The Hall–Kier alpha value is -1.30. The lowest BCUT2D eigenvalue weighted by atomic mass is 10.1. The molecule has 1 heterocycles. The lowest BCUT2D eigenvalue weighted by Gasteiger charge is -2.24. The number of hydrogen-bond acceptors (Lipinski definition) is 5. The molecule has 112 valence electrons. The van der Waals surface area contributed by atoms with Gasteiger partial charge >= 0.3 is 0 Å². The normalized spacial score (nSPS) is 17.8. The number of nitrogens with one attached hydrogen (secondary N) is 1. The minimum Gasteiger partial charge on any atom is -0.493 e. The highest BCUT2D eigenvalue weighted by atomic mass is 16.5. The van der Waals surface area contributed by atoms with Gasteiger partial charge in [0.15, 0.2) is 11.5 Å². The molecule has 1 saturated heterocycles. The Morgan fingerprint density at radius 2 is 2.10 bits per heavy atom. The zero-order valence-electron chi connectivity index (χ0n) is 12.1. The van der Waals surface area contributed by atoms with Crippen LogP contribution in [-0.4, -0.2) is 45.1 Å². The van der Waals surface area contributed by atoms with Crippen molar-refractivity contribution in [2.24, 2.45) is 0 Å². The van der Waals surface area contributed by atoms with Gasteiger partial charge in [-0.1, -0.05) is 6.07 Å². The van der Waals surface area contributed by atoms with Crippen LogP contribution in [0.1, 0.15) is 24.5 Å². The summed E-state index contributed by atoms with van der Waals surface area (Å²) in [5.41, 5.74) is 0.821. The summed E-state index contributed by atoms with van der Waals surface area (Å²) in [4.78, 5) is 0. The lowest BCUT2D eigenvalue weighted by Crippen LogP contribution is -2.26. The predicted molar refractivity (Wildman–Crippen MR) is 76.3 cm³/mol. The van der Waals surface area contributed by atoms with Crippen molar-refractivity contribution in [1.82, 2.24) is 5.32 Å². The van der Waals surface area contributed by atoms with Gasteiger partial charge < -0.3 is 24.6 Å².